The lowest BCUT2D eigenvalue weighted by molar-refractivity contribution is -0.123. The summed E-state index contributed by atoms with van der Waals surface area (Å²) in [4.78, 5) is 37.0. The largest absolute Gasteiger partial charge is 0.455 e. The highest BCUT2D eigenvalue weighted by Gasteiger charge is 2.30. The Bertz CT molecular complexity index is 597. The minimum absolute atomic E-state index is 0.0477. The van der Waals surface area contributed by atoms with E-state index in [1.807, 2.05) is 0 Å². The number of carbonyl (C=O) groups is 3. The molecule has 1 aromatic heterocycles. The van der Waals surface area contributed by atoms with Gasteiger partial charge in [-0.25, -0.2) is 0 Å². The van der Waals surface area contributed by atoms with Crippen molar-refractivity contribution in [3.8, 4) is 0 Å². The Morgan fingerprint density at radius 1 is 1.24 bits per heavy atom. The highest BCUT2D eigenvalue weighted by atomic mass is 16.4. The lowest BCUT2D eigenvalue weighted by atomic mass is 9.96. The van der Waals surface area contributed by atoms with Gasteiger partial charge in [0.15, 0.2) is 11.5 Å². The number of hydrogen-bond acceptors (Lipinski definition) is 4. The Labute approximate surface area is 122 Å². The minimum Gasteiger partial charge on any atom is -0.455 e. The molecule has 0 aromatic carbocycles. The maximum absolute atomic E-state index is 12.4. The molecule has 1 fully saturated rings. The minimum atomic E-state index is -0.304. The molecule has 2 heterocycles. The van der Waals surface area contributed by atoms with Gasteiger partial charge in [-0.1, -0.05) is 0 Å². The predicted molar refractivity (Wildman–Crippen MR) is 73.8 cm³/mol. The van der Waals surface area contributed by atoms with Crippen molar-refractivity contribution in [1.29, 1.82) is 0 Å². The molecule has 2 aliphatic rings. The summed E-state index contributed by atoms with van der Waals surface area (Å²) in [6, 6.07) is 1.57. The number of likely N-dealkylation sites (tertiary alicyclic amines) is 1. The van der Waals surface area contributed by atoms with Gasteiger partial charge in [-0.15, -0.1) is 0 Å². The van der Waals surface area contributed by atoms with E-state index in [-0.39, 0.29) is 29.3 Å². The van der Waals surface area contributed by atoms with E-state index in [9.17, 15) is 14.4 Å². The van der Waals surface area contributed by atoms with Crippen LogP contribution < -0.4 is 5.73 Å². The van der Waals surface area contributed by atoms with E-state index in [1.165, 1.54) is 0 Å². The lowest BCUT2D eigenvalue weighted by Crippen LogP contribution is -2.41. The smallest absolute Gasteiger partial charge is 0.289 e. The molecular weight excluding hydrogens is 272 g/mol. The molecule has 21 heavy (non-hydrogen) atoms. The number of amides is 2. The predicted octanol–water partition coefficient (Wildman–Crippen LogP) is 1.14. The monoisotopic (exact) mass is 290 g/mol. The van der Waals surface area contributed by atoms with Gasteiger partial charge in [0.1, 0.15) is 5.76 Å². The van der Waals surface area contributed by atoms with Crippen LogP contribution in [-0.4, -0.2) is 35.6 Å². The first kappa shape index (κ1) is 13.9. The topological polar surface area (TPSA) is 93.6 Å². The molecule has 1 aromatic rings. The van der Waals surface area contributed by atoms with Crippen LogP contribution in [0.5, 0.6) is 0 Å². The second-order valence-electron chi connectivity index (χ2n) is 5.69. The normalized spacial score (nSPS) is 19.4. The van der Waals surface area contributed by atoms with E-state index in [1.54, 1.807) is 11.0 Å². The molecule has 6 heteroatoms. The SMILES string of the molecule is NC(=O)C1CCN(C(=O)c2cc3c(o2)CCCC3=O)CC1. The molecule has 0 bridgehead atoms. The fraction of sp³-hybridized carbons (Fsp3) is 0.533. The summed E-state index contributed by atoms with van der Waals surface area (Å²) >= 11 is 0. The van der Waals surface area contributed by atoms with Crippen LogP contribution in [0, 0.1) is 5.92 Å². The van der Waals surface area contributed by atoms with Crippen molar-refractivity contribution in [3.63, 3.8) is 0 Å². The molecule has 0 atom stereocenters. The maximum atomic E-state index is 12.4. The summed E-state index contributed by atoms with van der Waals surface area (Å²) in [7, 11) is 0. The van der Waals surface area contributed by atoms with E-state index in [2.05, 4.69) is 0 Å². The Morgan fingerprint density at radius 2 is 1.95 bits per heavy atom. The Balaban J connectivity index is 1.72. The van der Waals surface area contributed by atoms with Gasteiger partial charge in [0.05, 0.1) is 5.56 Å². The third-order valence-electron chi connectivity index (χ3n) is 4.31. The molecule has 1 aliphatic heterocycles. The number of nitrogens with zero attached hydrogens (tertiary/aromatic N) is 1. The Kier molecular flexibility index (Phi) is 3.53. The summed E-state index contributed by atoms with van der Waals surface area (Å²) in [5.74, 6) is 0.239. The van der Waals surface area contributed by atoms with Crippen LogP contribution >= 0.6 is 0 Å². The lowest BCUT2D eigenvalue weighted by Gasteiger charge is -2.29. The fourth-order valence-corrected chi connectivity index (χ4v) is 3.02. The van der Waals surface area contributed by atoms with E-state index in [4.69, 9.17) is 10.2 Å². The molecule has 0 radical (unpaired) electrons. The van der Waals surface area contributed by atoms with Crippen LogP contribution in [0.15, 0.2) is 10.5 Å². The quantitative estimate of drug-likeness (QED) is 0.883. The first-order valence-corrected chi connectivity index (χ1v) is 7.30. The number of hydrogen-bond donors (Lipinski definition) is 1. The van der Waals surface area contributed by atoms with Gasteiger partial charge >= 0.3 is 0 Å². The summed E-state index contributed by atoms with van der Waals surface area (Å²) in [5, 5.41) is 0. The van der Waals surface area contributed by atoms with Crippen LogP contribution in [0.1, 0.15) is 52.4 Å². The van der Waals surface area contributed by atoms with Gasteiger partial charge in [0.25, 0.3) is 5.91 Å². The van der Waals surface area contributed by atoms with Crippen molar-refractivity contribution >= 4 is 17.6 Å². The second-order valence-corrected chi connectivity index (χ2v) is 5.69. The second kappa shape index (κ2) is 5.35. The molecule has 0 saturated carbocycles. The molecule has 1 saturated heterocycles. The zero-order chi connectivity index (χ0) is 15.0. The summed E-state index contributed by atoms with van der Waals surface area (Å²) in [6.45, 7) is 0.984. The molecular formula is C15H18N2O4. The van der Waals surface area contributed by atoms with Crippen molar-refractivity contribution in [1.82, 2.24) is 4.90 Å². The highest BCUT2D eigenvalue weighted by Crippen LogP contribution is 2.26. The number of aryl methyl sites for hydroxylation is 1. The summed E-state index contributed by atoms with van der Waals surface area (Å²) in [5.41, 5.74) is 5.84. The molecule has 2 amide bonds. The Hall–Kier alpha value is -2.11. The van der Waals surface area contributed by atoms with E-state index in [0.717, 1.165) is 6.42 Å². The number of Topliss-reactive ketones (excluding diaryl/α,β-unsaturated/α-hetero) is 1. The van der Waals surface area contributed by atoms with Crippen LogP contribution in [0.4, 0.5) is 0 Å². The molecule has 0 spiro atoms. The highest BCUT2D eigenvalue weighted by molar-refractivity contribution is 6.01. The number of primary amides is 1. The molecule has 3 rings (SSSR count). The van der Waals surface area contributed by atoms with Gasteiger partial charge < -0.3 is 15.1 Å². The number of carbonyl (C=O) groups excluding carboxylic acids is 3. The van der Waals surface area contributed by atoms with Crippen molar-refractivity contribution in [2.45, 2.75) is 32.1 Å². The average Bonchev–Trinajstić information content (AvgIpc) is 2.92. The number of nitrogens with two attached hydrogens (primary N) is 1. The number of ketones is 1. The van der Waals surface area contributed by atoms with Gasteiger partial charge in [0, 0.05) is 37.9 Å². The zero-order valence-electron chi connectivity index (χ0n) is 11.8. The van der Waals surface area contributed by atoms with Crippen molar-refractivity contribution < 1.29 is 18.8 Å². The van der Waals surface area contributed by atoms with Gasteiger partial charge in [-0.3, -0.25) is 14.4 Å². The summed E-state index contributed by atoms with van der Waals surface area (Å²) < 4.78 is 5.56. The number of fused-ring (bicyclic) bond motifs is 1. The first-order valence-electron chi connectivity index (χ1n) is 7.30. The van der Waals surface area contributed by atoms with Crippen molar-refractivity contribution in [2.75, 3.05) is 13.1 Å². The van der Waals surface area contributed by atoms with E-state index < -0.39 is 0 Å². The van der Waals surface area contributed by atoms with Crippen LogP contribution in [0.25, 0.3) is 0 Å². The molecule has 2 N–H and O–H groups in total. The van der Waals surface area contributed by atoms with Gasteiger partial charge in [0.2, 0.25) is 5.91 Å². The zero-order valence-corrected chi connectivity index (χ0v) is 11.8. The van der Waals surface area contributed by atoms with Gasteiger partial charge in [-0.2, -0.15) is 0 Å². The molecule has 112 valence electrons. The Morgan fingerprint density at radius 3 is 2.57 bits per heavy atom. The average molecular weight is 290 g/mol. The van der Waals surface area contributed by atoms with E-state index in [0.29, 0.717) is 50.1 Å². The number of furan rings is 1. The third-order valence-corrected chi connectivity index (χ3v) is 4.31. The first-order chi connectivity index (χ1) is 10.1. The van der Waals surface area contributed by atoms with Crippen LogP contribution in [0.3, 0.4) is 0 Å². The summed E-state index contributed by atoms with van der Waals surface area (Å²) in [6.07, 6.45) is 3.17. The van der Waals surface area contributed by atoms with Gasteiger partial charge in [-0.05, 0) is 19.3 Å². The number of rotatable bonds is 2. The maximum Gasteiger partial charge on any atom is 0.289 e. The molecule has 6 nitrogen and oxygen atoms in total. The fourth-order valence-electron chi connectivity index (χ4n) is 3.02. The van der Waals surface area contributed by atoms with E-state index >= 15 is 0 Å². The van der Waals surface area contributed by atoms with Crippen LogP contribution in [-0.2, 0) is 11.2 Å². The number of piperidine rings is 1. The van der Waals surface area contributed by atoms with Crippen LogP contribution in [0.2, 0.25) is 0 Å². The molecule has 0 unspecified atom stereocenters. The molecule has 1 aliphatic carbocycles. The standard InChI is InChI=1S/C15H18N2O4/c16-14(19)9-4-6-17(7-5-9)15(20)13-8-10-11(18)2-1-3-12(10)21-13/h8-9H,1-7H2,(H2,16,19). The van der Waals surface area contributed by atoms with Crippen molar-refractivity contribution in [3.05, 3.63) is 23.2 Å². The third kappa shape index (κ3) is 2.57. The van der Waals surface area contributed by atoms with Crippen molar-refractivity contribution in [2.24, 2.45) is 11.7 Å².